The lowest BCUT2D eigenvalue weighted by Gasteiger charge is -2.31. The second-order valence-electron chi connectivity index (χ2n) is 6.82. The number of hydrogen-bond acceptors (Lipinski definition) is 8. The van der Waals surface area contributed by atoms with Crippen LogP contribution in [0.3, 0.4) is 0 Å². The Morgan fingerprint density at radius 3 is 2.10 bits per heavy atom. The molecule has 2 N–H and O–H groups in total. The quantitative estimate of drug-likeness (QED) is 0.805. The highest BCUT2D eigenvalue weighted by atomic mass is 16.5. The van der Waals surface area contributed by atoms with Crippen molar-refractivity contribution in [2.24, 2.45) is 5.73 Å². The summed E-state index contributed by atoms with van der Waals surface area (Å²) in [7, 11) is 4.39. The number of methoxy groups -OCH3 is 3. The summed E-state index contributed by atoms with van der Waals surface area (Å²) in [6, 6.07) is 11.6. The molecular weight excluding hydrogens is 400 g/mol. The van der Waals surface area contributed by atoms with Crippen LogP contribution in [-0.4, -0.2) is 32.9 Å². The number of allylic oxidation sites excluding steroid dienone is 3. The largest absolute Gasteiger partial charge is 0.496 e. The number of Topliss-reactive ketones (excluding diaryl/α,β-unsaturated/α-hetero) is 2. The van der Waals surface area contributed by atoms with Crippen molar-refractivity contribution in [2.75, 3.05) is 21.3 Å². The monoisotopic (exact) mass is 418 g/mol. The van der Waals surface area contributed by atoms with Gasteiger partial charge in [-0.3, -0.25) is 9.59 Å². The molecule has 0 radical (unpaired) electrons. The summed E-state index contributed by atoms with van der Waals surface area (Å²) in [5.74, 6) is -1.24. The fraction of sp³-hybridized carbons (Fsp3) is 0.174. The molecule has 0 amide bonds. The lowest BCUT2D eigenvalue weighted by atomic mass is 9.75. The Morgan fingerprint density at radius 1 is 0.935 bits per heavy atom. The summed E-state index contributed by atoms with van der Waals surface area (Å²) < 4.78 is 21.7. The lowest BCUT2D eigenvalue weighted by Crippen LogP contribution is -2.32. The minimum absolute atomic E-state index is 0.00944. The molecule has 0 unspecified atom stereocenters. The third-order valence-corrected chi connectivity index (χ3v) is 5.33. The maximum atomic E-state index is 13.5. The van der Waals surface area contributed by atoms with Crippen molar-refractivity contribution in [1.82, 2.24) is 0 Å². The van der Waals surface area contributed by atoms with Crippen LogP contribution in [0.2, 0.25) is 0 Å². The van der Waals surface area contributed by atoms with Gasteiger partial charge in [-0.05, 0) is 6.07 Å². The van der Waals surface area contributed by atoms with Crippen LogP contribution >= 0.6 is 0 Å². The summed E-state index contributed by atoms with van der Waals surface area (Å²) in [4.78, 5) is 26.6. The molecule has 0 saturated carbocycles. The number of carbonyl (C=O) groups is 2. The molecule has 8 nitrogen and oxygen atoms in total. The molecule has 2 aliphatic rings. The van der Waals surface area contributed by atoms with Crippen LogP contribution in [-0.2, 0) is 4.74 Å². The Bertz CT molecular complexity index is 1240. The van der Waals surface area contributed by atoms with E-state index in [1.54, 1.807) is 36.4 Å². The van der Waals surface area contributed by atoms with E-state index in [1.807, 2.05) is 6.07 Å². The van der Waals surface area contributed by atoms with E-state index in [1.165, 1.54) is 21.3 Å². The molecule has 1 heterocycles. The highest BCUT2D eigenvalue weighted by Gasteiger charge is 2.44. The third kappa shape index (κ3) is 2.90. The van der Waals surface area contributed by atoms with Crippen LogP contribution in [0.15, 0.2) is 59.2 Å². The fourth-order valence-corrected chi connectivity index (χ4v) is 3.90. The minimum atomic E-state index is -0.992. The number of nitrogens with two attached hydrogens (primary N) is 1. The standard InChI is InChI=1S/C23H18N2O6/c1-28-15-9-17(30-3)16(29-2)8-13(15)18-14(10-24)23(25)31-22-19(18)20(26)11-6-4-5-7-12(11)21(22)27/h4-9,18H,25H2,1-3H3/t18-/m0/s1. The van der Waals surface area contributed by atoms with Crippen LogP contribution in [0.1, 0.15) is 32.2 Å². The summed E-state index contributed by atoms with van der Waals surface area (Å²) in [5, 5.41) is 9.84. The number of ether oxygens (including phenoxy) is 4. The zero-order chi connectivity index (χ0) is 22.3. The minimum Gasteiger partial charge on any atom is -0.496 e. The number of hydrogen-bond donors (Lipinski definition) is 1. The van der Waals surface area contributed by atoms with Crippen LogP contribution < -0.4 is 19.9 Å². The predicted octanol–water partition coefficient (Wildman–Crippen LogP) is 2.85. The molecule has 2 aromatic rings. The molecular formula is C23H18N2O6. The molecule has 0 aromatic heterocycles. The van der Waals surface area contributed by atoms with E-state index in [0.29, 0.717) is 22.8 Å². The molecule has 0 bridgehead atoms. The molecule has 31 heavy (non-hydrogen) atoms. The van der Waals surface area contributed by atoms with Crippen LogP contribution in [0.4, 0.5) is 0 Å². The third-order valence-electron chi connectivity index (χ3n) is 5.33. The number of fused-ring (bicyclic) bond motifs is 1. The van der Waals surface area contributed by atoms with Crippen molar-refractivity contribution < 1.29 is 28.5 Å². The fourth-order valence-electron chi connectivity index (χ4n) is 3.90. The van der Waals surface area contributed by atoms with E-state index < -0.39 is 17.5 Å². The SMILES string of the molecule is COc1cc(OC)c([C@H]2C(C#N)=C(N)OC3=C2C(=O)c2ccccc2C3=O)cc1OC. The first-order valence-electron chi connectivity index (χ1n) is 9.26. The van der Waals surface area contributed by atoms with Gasteiger partial charge in [0, 0.05) is 22.8 Å². The summed E-state index contributed by atoms with van der Waals surface area (Å²) in [6.45, 7) is 0. The van der Waals surface area contributed by atoms with Gasteiger partial charge in [0.2, 0.25) is 11.7 Å². The predicted molar refractivity (Wildman–Crippen MR) is 109 cm³/mol. The van der Waals surface area contributed by atoms with E-state index in [9.17, 15) is 14.9 Å². The number of nitrogens with zero attached hydrogens (tertiary/aromatic N) is 1. The molecule has 0 fully saturated rings. The van der Waals surface area contributed by atoms with Gasteiger partial charge in [0.15, 0.2) is 23.0 Å². The van der Waals surface area contributed by atoms with Crippen molar-refractivity contribution in [2.45, 2.75) is 5.92 Å². The van der Waals surface area contributed by atoms with Gasteiger partial charge < -0.3 is 24.7 Å². The first-order chi connectivity index (χ1) is 15.0. The average molecular weight is 418 g/mol. The normalized spacial score (nSPS) is 17.4. The van der Waals surface area contributed by atoms with Crippen LogP contribution in [0, 0.1) is 11.3 Å². The maximum absolute atomic E-state index is 13.5. The van der Waals surface area contributed by atoms with Gasteiger partial charge >= 0.3 is 0 Å². The molecule has 8 heteroatoms. The van der Waals surface area contributed by atoms with Gasteiger partial charge in [-0.15, -0.1) is 0 Å². The molecule has 2 aromatic carbocycles. The molecule has 1 aliphatic heterocycles. The first kappa shape index (κ1) is 20.0. The smallest absolute Gasteiger partial charge is 0.229 e. The maximum Gasteiger partial charge on any atom is 0.229 e. The van der Waals surface area contributed by atoms with E-state index in [-0.39, 0.29) is 33.9 Å². The van der Waals surface area contributed by atoms with E-state index >= 15 is 0 Å². The van der Waals surface area contributed by atoms with Gasteiger partial charge in [-0.25, -0.2) is 0 Å². The van der Waals surface area contributed by atoms with E-state index in [4.69, 9.17) is 24.7 Å². The second-order valence-corrected chi connectivity index (χ2v) is 6.82. The highest BCUT2D eigenvalue weighted by Crippen LogP contribution is 2.48. The van der Waals surface area contributed by atoms with Gasteiger partial charge in [0.05, 0.1) is 32.8 Å². The summed E-state index contributed by atoms with van der Waals surface area (Å²) >= 11 is 0. The molecule has 1 aliphatic carbocycles. The number of rotatable bonds is 4. The number of ketones is 2. The van der Waals surface area contributed by atoms with Crippen molar-refractivity contribution >= 4 is 11.6 Å². The van der Waals surface area contributed by atoms with Gasteiger partial charge in [0.25, 0.3) is 0 Å². The summed E-state index contributed by atoms with van der Waals surface area (Å²) in [5.41, 5.74) is 6.90. The Kier molecular flexibility index (Phi) is 4.87. The Balaban J connectivity index is 2.02. The number of carbonyl (C=O) groups excluding carboxylic acids is 2. The zero-order valence-corrected chi connectivity index (χ0v) is 17.0. The van der Waals surface area contributed by atoms with E-state index in [0.717, 1.165) is 0 Å². The first-order valence-corrected chi connectivity index (χ1v) is 9.26. The molecule has 1 atom stereocenters. The second kappa shape index (κ2) is 7.54. The molecule has 0 saturated heterocycles. The topological polar surface area (TPSA) is 121 Å². The van der Waals surface area contributed by atoms with Gasteiger partial charge in [-0.2, -0.15) is 5.26 Å². The number of benzene rings is 2. The molecule has 0 spiro atoms. The molecule has 4 rings (SSSR count). The van der Waals surface area contributed by atoms with E-state index in [2.05, 4.69) is 0 Å². The van der Waals surface area contributed by atoms with Gasteiger partial charge in [-0.1, -0.05) is 24.3 Å². The Hall–Kier alpha value is -4.25. The number of nitriles is 1. The van der Waals surface area contributed by atoms with Gasteiger partial charge in [0.1, 0.15) is 17.4 Å². The highest BCUT2D eigenvalue weighted by molar-refractivity contribution is 6.27. The Morgan fingerprint density at radius 2 is 1.52 bits per heavy atom. The summed E-state index contributed by atoms with van der Waals surface area (Å²) in [6.07, 6.45) is 0. The van der Waals surface area contributed by atoms with Crippen LogP contribution in [0.5, 0.6) is 17.2 Å². The lowest BCUT2D eigenvalue weighted by molar-refractivity contribution is 0.0897. The van der Waals surface area contributed by atoms with Crippen LogP contribution in [0.25, 0.3) is 0 Å². The van der Waals surface area contributed by atoms with Crippen molar-refractivity contribution in [1.29, 1.82) is 5.26 Å². The molecule has 156 valence electrons. The average Bonchev–Trinajstić information content (AvgIpc) is 2.80. The van der Waals surface area contributed by atoms with Crippen molar-refractivity contribution in [3.8, 4) is 23.3 Å². The van der Waals surface area contributed by atoms with Crippen molar-refractivity contribution in [3.05, 3.63) is 75.9 Å². The van der Waals surface area contributed by atoms with Crippen molar-refractivity contribution in [3.63, 3.8) is 0 Å². The zero-order valence-electron chi connectivity index (χ0n) is 17.0. The Labute approximate surface area is 178 Å².